The molecule has 0 aliphatic rings. The van der Waals surface area contributed by atoms with E-state index < -0.39 is 12.2 Å². The fraction of sp³-hybridized carbons (Fsp3) is 0.818. The number of rotatable bonds is 9. The number of nitrogens with two attached hydrogens (primary N) is 2. The van der Waals surface area contributed by atoms with Gasteiger partial charge in [0.05, 0.1) is 6.10 Å². The summed E-state index contributed by atoms with van der Waals surface area (Å²) in [5, 5.41) is 23.3. The van der Waals surface area contributed by atoms with Crippen molar-refractivity contribution in [3.63, 3.8) is 0 Å². The van der Waals surface area contributed by atoms with Gasteiger partial charge in [-0.2, -0.15) is 0 Å². The Morgan fingerprint density at radius 1 is 1.26 bits per heavy atom. The fourth-order valence-corrected chi connectivity index (χ4v) is 0.985. The van der Waals surface area contributed by atoms with Crippen LogP contribution in [0.3, 0.4) is 0 Å². The van der Waals surface area contributed by atoms with Gasteiger partial charge in [-0.05, 0) is 13.5 Å². The molecule has 0 aromatic carbocycles. The predicted molar refractivity (Wildman–Crippen MR) is 72.4 cm³/mol. The molecule has 8 N–H and O–H groups in total. The number of likely N-dealkylation sites (N-methyl/N-ethyl adjacent to an activating group) is 1. The van der Waals surface area contributed by atoms with E-state index in [0.29, 0.717) is 13.1 Å². The van der Waals surface area contributed by atoms with E-state index in [1.54, 1.807) is 0 Å². The second kappa shape index (κ2) is 15.0. The molecule has 0 aliphatic heterocycles. The molecule has 0 heterocycles. The van der Waals surface area contributed by atoms with Crippen molar-refractivity contribution in [1.82, 2.24) is 10.6 Å². The predicted octanol–water partition coefficient (Wildman–Crippen LogP) is -3.07. The van der Waals surface area contributed by atoms with Gasteiger partial charge in [0.15, 0.2) is 6.29 Å². The summed E-state index contributed by atoms with van der Waals surface area (Å²) in [5.41, 5.74) is 10.2. The number of aliphatic hydroxyl groups excluding tert-OH is 2. The Bertz CT molecular complexity index is 227. The van der Waals surface area contributed by atoms with Gasteiger partial charge < -0.3 is 37.1 Å². The Morgan fingerprint density at radius 2 is 1.84 bits per heavy atom. The number of hydrogen-bond donors (Lipinski definition) is 6. The Balaban J connectivity index is 0. The first-order chi connectivity index (χ1) is 9.03. The molecule has 0 aromatic heterocycles. The van der Waals surface area contributed by atoms with Crippen LogP contribution in [0.25, 0.3) is 0 Å². The van der Waals surface area contributed by atoms with E-state index in [9.17, 15) is 9.59 Å². The minimum absolute atomic E-state index is 0.0519. The second-order valence-electron chi connectivity index (χ2n) is 3.76. The summed E-state index contributed by atoms with van der Waals surface area (Å²) in [5.74, 6) is -0.257. The molecule has 0 rings (SSSR count). The first-order valence-corrected chi connectivity index (χ1v) is 6.16. The maximum atomic E-state index is 11.0. The van der Waals surface area contributed by atoms with E-state index in [1.807, 2.05) is 7.05 Å². The molecule has 2 unspecified atom stereocenters. The van der Waals surface area contributed by atoms with Gasteiger partial charge in [-0.3, -0.25) is 4.79 Å². The summed E-state index contributed by atoms with van der Waals surface area (Å²) in [6.45, 7) is 2.38. The standard InChI is InChI=1S/C8H16N2O4.C3H10N2/c9-3-4-10-8(14)2-1-6(12)7(13)5-11;1-5-3-2-4/h5-7,12-13H,1-4,9H2,(H,10,14);5H,2-4H2,1H3. The minimum Gasteiger partial charge on any atom is -0.390 e. The van der Waals surface area contributed by atoms with Crippen molar-refractivity contribution in [2.24, 2.45) is 11.5 Å². The number of nitrogens with one attached hydrogen (secondary N) is 2. The average molecular weight is 278 g/mol. The molecule has 0 saturated heterocycles. The Kier molecular flexibility index (Phi) is 16.0. The van der Waals surface area contributed by atoms with Crippen LogP contribution in [0, 0.1) is 0 Å². The number of aliphatic hydroxyl groups is 2. The van der Waals surface area contributed by atoms with Gasteiger partial charge in [-0.1, -0.05) is 0 Å². The van der Waals surface area contributed by atoms with Gasteiger partial charge in [0.1, 0.15) is 6.10 Å². The molecule has 8 heteroatoms. The van der Waals surface area contributed by atoms with Crippen molar-refractivity contribution in [2.75, 3.05) is 33.2 Å². The molecule has 0 bridgehead atoms. The normalized spacial score (nSPS) is 12.9. The molecule has 0 aliphatic carbocycles. The van der Waals surface area contributed by atoms with Crippen molar-refractivity contribution in [3.8, 4) is 0 Å². The lowest BCUT2D eigenvalue weighted by Gasteiger charge is -2.11. The van der Waals surface area contributed by atoms with Gasteiger partial charge in [0.2, 0.25) is 5.91 Å². The number of amides is 1. The lowest BCUT2D eigenvalue weighted by atomic mass is 10.1. The number of carbonyl (C=O) groups is 2. The monoisotopic (exact) mass is 278 g/mol. The van der Waals surface area contributed by atoms with Gasteiger partial charge in [0.25, 0.3) is 0 Å². The third kappa shape index (κ3) is 14.9. The van der Waals surface area contributed by atoms with Crippen LogP contribution in [-0.4, -0.2) is 67.8 Å². The van der Waals surface area contributed by atoms with Crippen LogP contribution in [0.5, 0.6) is 0 Å². The van der Waals surface area contributed by atoms with Crippen molar-refractivity contribution in [3.05, 3.63) is 0 Å². The van der Waals surface area contributed by atoms with Crippen LogP contribution in [0.1, 0.15) is 12.8 Å². The highest BCUT2D eigenvalue weighted by Gasteiger charge is 2.15. The molecule has 2 atom stereocenters. The van der Waals surface area contributed by atoms with Crippen LogP contribution in [0.4, 0.5) is 0 Å². The molecule has 0 saturated carbocycles. The Hall–Kier alpha value is -1.06. The third-order valence-corrected chi connectivity index (χ3v) is 2.06. The number of carbonyl (C=O) groups excluding carboxylic acids is 2. The van der Waals surface area contributed by atoms with Crippen LogP contribution < -0.4 is 22.1 Å². The van der Waals surface area contributed by atoms with Crippen molar-refractivity contribution in [1.29, 1.82) is 0 Å². The van der Waals surface area contributed by atoms with E-state index in [2.05, 4.69) is 10.6 Å². The molecule has 1 amide bonds. The van der Waals surface area contributed by atoms with E-state index in [0.717, 1.165) is 13.1 Å². The number of aldehydes is 1. The van der Waals surface area contributed by atoms with Crippen molar-refractivity contribution >= 4 is 12.2 Å². The summed E-state index contributed by atoms with van der Waals surface area (Å²) < 4.78 is 0. The van der Waals surface area contributed by atoms with Crippen LogP contribution in [0.2, 0.25) is 0 Å². The summed E-state index contributed by atoms with van der Waals surface area (Å²) in [6, 6.07) is 0. The molecular formula is C11H26N4O4. The topological polar surface area (TPSA) is 151 Å². The molecule has 19 heavy (non-hydrogen) atoms. The first-order valence-electron chi connectivity index (χ1n) is 6.16. The molecule has 114 valence electrons. The average Bonchev–Trinajstić information content (AvgIpc) is 2.43. The minimum atomic E-state index is -1.42. The van der Waals surface area contributed by atoms with Crippen LogP contribution >= 0.6 is 0 Å². The highest BCUT2D eigenvalue weighted by molar-refractivity contribution is 5.75. The summed E-state index contributed by atoms with van der Waals surface area (Å²) >= 11 is 0. The largest absolute Gasteiger partial charge is 0.390 e. The quantitative estimate of drug-likeness (QED) is 0.245. The molecule has 8 nitrogen and oxygen atoms in total. The van der Waals surface area contributed by atoms with E-state index in [4.69, 9.17) is 21.7 Å². The highest BCUT2D eigenvalue weighted by Crippen LogP contribution is 2.00. The Labute approximate surface area is 113 Å². The van der Waals surface area contributed by atoms with Crippen molar-refractivity contribution in [2.45, 2.75) is 25.0 Å². The molecule has 0 radical (unpaired) electrons. The second-order valence-corrected chi connectivity index (χ2v) is 3.76. The van der Waals surface area contributed by atoms with E-state index in [-0.39, 0.29) is 25.0 Å². The zero-order valence-electron chi connectivity index (χ0n) is 11.3. The third-order valence-electron chi connectivity index (χ3n) is 2.06. The maximum Gasteiger partial charge on any atom is 0.220 e. The van der Waals surface area contributed by atoms with E-state index in [1.165, 1.54) is 0 Å². The first kappa shape index (κ1) is 20.3. The summed E-state index contributed by atoms with van der Waals surface area (Å²) in [7, 11) is 1.88. The van der Waals surface area contributed by atoms with Crippen LogP contribution in [0.15, 0.2) is 0 Å². The summed E-state index contributed by atoms with van der Waals surface area (Å²) in [4.78, 5) is 21.0. The summed E-state index contributed by atoms with van der Waals surface area (Å²) in [6.07, 6.45) is -2.25. The maximum absolute atomic E-state index is 11.0. The zero-order chi connectivity index (χ0) is 15.1. The molecule has 0 spiro atoms. The zero-order valence-corrected chi connectivity index (χ0v) is 11.3. The molecule has 0 aromatic rings. The lowest BCUT2D eigenvalue weighted by molar-refractivity contribution is -0.124. The Morgan fingerprint density at radius 3 is 2.21 bits per heavy atom. The highest BCUT2D eigenvalue weighted by atomic mass is 16.3. The molecular weight excluding hydrogens is 252 g/mol. The fourth-order valence-electron chi connectivity index (χ4n) is 0.985. The van der Waals surface area contributed by atoms with Gasteiger partial charge in [-0.25, -0.2) is 0 Å². The van der Waals surface area contributed by atoms with Crippen molar-refractivity contribution < 1.29 is 19.8 Å². The number of hydrogen-bond acceptors (Lipinski definition) is 7. The smallest absolute Gasteiger partial charge is 0.220 e. The van der Waals surface area contributed by atoms with Crippen LogP contribution in [-0.2, 0) is 9.59 Å². The van der Waals surface area contributed by atoms with Gasteiger partial charge in [-0.15, -0.1) is 0 Å². The molecule has 0 fully saturated rings. The van der Waals surface area contributed by atoms with Gasteiger partial charge in [0, 0.05) is 32.6 Å². The lowest BCUT2D eigenvalue weighted by Crippen LogP contribution is -2.32. The SMILES string of the molecule is CNCCN.NCCNC(=O)CCC(O)C(O)C=O. The van der Waals surface area contributed by atoms with Gasteiger partial charge >= 0.3 is 0 Å². The van der Waals surface area contributed by atoms with E-state index >= 15 is 0 Å².